The summed E-state index contributed by atoms with van der Waals surface area (Å²) in [6.45, 7) is 0. The molecular weight excluding hydrogens is 307 g/mol. The van der Waals surface area contributed by atoms with Crippen LogP contribution in [-0.2, 0) is 0 Å². The summed E-state index contributed by atoms with van der Waals surface area (Å²) in [5, 5.41) is 20.2. The highest BCUT2D eigenvalue weighted by Gasteiger charge is 2.62. The molecule has 0 bridgehead atoms. The Morgan fingerprint density at radius 1 is 1.33 bits per heavy atom. The van der Waals surface area contributed by atoms with Gasteiger partial charge in [-0.3, -0.25) is 10.1 Å². The Hall–Kier alpha value is -2.17. The van der Waals surface area contributed by atoms with Crippen LogP contribution in [0.4, 0.5) is 27.6 Å². The molecule has 11 heteroatoms. The number of phenolic OH excluding ortho intramolecular Hbond substituents is 1. The van der Waals surface area contributed by atoms with E-state index in [9.17, 15) is 37.2 Å². The van der Waals surface area contributed by atoms with Crippen LogP contribution in [0.15, 0.2) is 12.1 Å². The molecule has 0 aliphatic rings. The summed E-state index contributed by atoms with van der Waals surface area (Å²) in [5.41, 5.74) is 2.84. The lowest BCUT2D eigenvalue weighted by Gasteiger charge is -2.26. The normalized spacial score (nSPS) is 13.9. The van der Waals surface area contributed by atoms with Gasteiger partial charge in [0.2, 0.25) is 0 Å². The molecule has 6 nitrogen and oxygen atoms in total. The zero-order valence-electron chi connectivity index (χ0n) is 10.3. The van der Waals surface area contributed by atoms with Crippen molar-refractivity contribution in [1.29, 1.82) is 0 Å². The Balaban J connectivity index is 3.48. The van der Waals surface area contributed by atoms with Crippen LogP contribution in [0, 0.1) is 10.1 Å². The number of aromatic hydroxyl groups is 1. The molecular formula is C10H9F5N2O4. The zero-order valence-corrected chi connectivity index (χ0v) is 10.3. The van der Waals surface area contributed by atoms with Crippen molar-refractivity contribution >= 4 is 5.69 Å². The van der Waals surface area contributed by atoms with Gasteiger partial charge in [0.25, 0.3) is 5.69 Å². The second-order valence-electron chi connectivity index (χ2n) is 3.94. The topological polar surface area (TPSA) is 98.6 Å². The highest BCUT2D eigenvalue weighted by atomic mass is 19.4. The standard InChI is InChI=1S/C10H9F5N2O4/c1-21-6-3-4(17(19)20)2-5(7(6)18)8(16)9(11,12)10(13,14)15/h2-3,8,18H,16H2,1H3/t8-/m0/s1. The van der Waals surface area contributed by atoms with Gasteiger partial charge in [0.1, 0.15) is 6.04 Å². The van der Waals surface area contributed by atoms with Gasteiger partial charge in [-0.15, -0.1) is 0 Å². The first-order chi connectivity index (χ1) is 9.43. The minimum atomic E-state index is -5.99. The molecule has 1 aromatic carbocycles. The molecule has 0 spiro atoms. The molecule has 0 fully saturated rings. The molecule has 0 saturated heterocycles. The van der Waals surface area contributed by atoms with Gasteiger partial charge in [-0.25, -0.2) is 0 Å². The Morgan fingerprint density at radius 3 is 2.24 bits per heavy atom. The van der Waals surface area contributed by atoms with Crippen molar-refractivity contribution in [2.24, 2.45) is 5.73 Å². The Bertz CT molecular complexity index is 561. The first kappa shape index (κ1) is 16.9. The number of benzene rings is 1. The van der Waals surface area contributed by atoms with Crippen LogP contribution in [0.5, 0.6) is 11.5 Å². The lowest BCUT2D eigenvalue weighted by Crippen LogP contribution is -2.45. The smallest absolute Gasteiger partial charge is 0.455 e. The summed E-state index contributed by atoms with van der Waals surface area (Å²) >= 11 is 0. The molecule has 0 saturated carbocycles. The number of ether oxygens (including phenoxy) is 1. The fraction of sp³-hybridized carbons (Fsp3) is 0.400. The van der Waals surface area contributed by atoms with E-state index in [1.54, 1.807) is 0 Å². The van der Waals surface area contributed by atoms with Gasteiger partial charge >= 0.3 is 12.1 Å². The highest BCUT2D eigenvalue weighted by molar-refractivity contribution is 5.55. The maximum atomic E-state index is 13.2. The number of nitrogens with two attached hydrogens (primary N) is 1. The summed E-state index contributed by atoms with van der Waals surface area (Å²) in [6.07, 6.45) is -5.99. The lowest BCUT2D eigenvalue weighted by atomic mass is 9.99. The first-order valence-electron chi connectivity index (χ1n) is 5.19. The molecule has 1 atom stereocenters. The summed E-state index contributed by atoms with van der Waals surface area (Å²) < 4.78 is 67.7. The van der Waals surface area contributed by atoms with Crippen LogP contribution in [0.1, 0.15) is 11.6 Å². The third-order valence-corrected chi connectivity index (χ3v) is 2.62. The zero-order chi connectivity index (χ0) is 16.6. The first-order valence-corrected chi connectivity index (χ1v) is 5.19. The maximum absolute atomic E-state index is 13.2. The quantitative estimate of drug-likeness (QED) is 0.505. The fourth-order valence-electron chi connectivity index (χ4n) is 1.48. The summed E-state index contributed by atoms with van der Waals surface area (Å²) in [7, 11) is 0.940. The minimum absolute atomic E-state index is 0.335. The second kappa shape index (κ2) is 5.31. The number of halogens is 5. The monoisotopic (exact) mass is 316 g/mol. The third kappa shape index (κ3) is 2.96. The SMILES string of the molecule is COc1cc([N+](=O)[O-])cc([C@H](N)C(F)(F)C(F)(F)F)c1O. The van der Waals surface area contributed by atoms with Gasteiger partial charge in [0, 0.05) is 11.6 Å². The number of methoxy groups -OCH3 is 1. The van der Waals surface area contributed by atoms with E-state index < -0.39 is 45.8 Å². The van der Waals surface area contributed by atoms with Crippen LogP contribution in [0.2, 0.25) is 0 Å². The number of hydrogen-bond acceptors (Lipinski definition) is 5. The van der Waals surface area contributed by atoms with E-state index in [0.29, 0.717) is 12.1 Å². The summed E-state index contributed by atoms with van der Waals surface area (Å²) in [4.78, 5) is 9.57. The number of nitro groups is 1. The van der Waals surface area contributed by atoms with E-state index in [1.807, 2.05) is 0 Å². The van der Waals surface area contributed by atoms with Crippen molar-refractivity contribution < 1.29 is 36.7 Å². The van der Waals surface area contributed by atoms with Crippen molar-refractivity contribution in [2.75, 3.05) is 7.11 Å². The summed E-state index contributed by atoms with van der Waals surface area (Å²) in [6, 6.07) is -2.04. The Kier molecular flexibility index (Phi) is 4.27. The molecule has 118 valence electrons. The summed E-state index contributed by atoms with van der Waals surface area (Å²) in [5.74, 6) is -7.17. The highest BCUT2D eigenvalue weighted by Crippen LogP contribution is 2.47. The van der Waals surface area contributed by atoms with Gasteiger partial charge in [-0.2, -0.15) is 22.0 Å². The number of nitro benzene ring substituents is 1. The number of hydrogen-bond donors (Lipinski definition) is 2. The van der Waals surface area contributed by atoms with Crippen LogP contribution >= 0.6 is 0 Å². The molecule has 0 radical (unpaired) electrons. The molecule has 1 rings (SSSR count). The number of phenols is 1. The average Bonchev–Trinajstić information content (AvgIpc) is 2.36. The fourth-order valence-corrected chi connectivity index (χ4v) is 1.48. The predicted octanol–water partition coefficient (Wildman–Crippen LogP) is 2.51. The van der Waals surface area contributed by atoms with Crippen LogP contribution in [0.3, 0.4) is 0 Å². The second-order valence-corrected chi connectivity index (χ2v) is 3.94. The molecule has 0 unspecified atom stereocenters. The van der Waals surface area contributed by atoms with Crippen molar-refractivity contribution in [3.05, 3.63) is 27.8 Å². The third-order valence-electron chi connectivity index (χ3n) is 2.62. The molecule has 0 aliphatic carbocycles. The molecule has 0 aliphatic heterocycles. The van der Waals surface area contributed by atoms with Crippen LogP contribution in [-0.4, -0.2) is 29.2 Å². The van der Waals surface area contributed by atoms with E-state index >= 15 is 0 Å². The molecule has 1 aromatic rings. The number of nitrogens with zero attached hydrogens (tertiary/aromatic N) is 1. The van der Waals surface area contributed by atoms with Crippen molar-refractivity contribution in [2.45, 2.75) is 18.1 Å². The number of rotatable bonds is 4. The molecule has 0 heterocycles. The Morgan fingerprint density at radius 2 is 1.86 bits per heavy atom. The van der Waals surface area contributed by atoms with Crippen molar-refractivity contribution in [3.63, 3.8) is 0 Å². The van der Waals surface area contributed by atoms with Gasteiger partial charge in [0.05, 0.1) is 18.1 Å². The van der Waals surface area contributed by atoms with E-state index in [0.717, 1.165) is 7.11 Å². The van der Waals surface area contributed by atoms with Gasteiger partial charge in [-0.1, -0.05) is 0 Å². The van der Waals surface area contributed by atoms with E-state index in [1.165, 1.54) is 0 Å². The molecule has 3 N–H and O–H groups in total. The Labute approximate surface area is 114 Å². The number of alkyl halides is 5. The van der Waals surface area contributed by atoms with Gasteiger partial charge < -0.3 is 15.6 Å². The van der Waals surface area contributed by atoms with Crippen LogP contribution < -0.4 is 10.5 Å². The molecule has 21 heavy (non-hydrogen) atoms. The average molecular weight is 316 g/mol. The van der Waals surface area contributed by atoms with Crippen LogP contribution in [0.25, 0.3) is 0 Å². The number of non-ortho nitro benzene ring substituents is 1. The lowest BCUT2D eigenvalue weighted by molar-refractivity contribution is -0.385. The van der Waals surface area contributed by atoms with E-state index in [2.05, 4.69) is 4.74 Å². The molecule has 0 amide bonds. The van der Waals surface area contributed by atoms with Gasteiger partial charge in [0.15, 0.2) is 11.5 Å². The van der Waals surface area contributed by atoms with Gasteiger partial charge in [-0.05, 0) is 0 Å². The maximum Gasteiger partial charge on any atom is 0.455 e. The van der Waals surface area contributed by atoms with Crippen molar-refractivity contribution in [3.8, 4) is 11.5 Å². The molecule has 0 aromatic heterocycles. The van der Waals surface area contributed by atoms with E-state index in [4.69, 9.17) is 5.73 Å². The van der Waals surface area contributed by atoms with Crippen molar-refractivity contribution in [1.82, 2.24) is 0 Å². The predicted molar refractivity (Wildman–Crippen MR) is 59.2 cm³/mol. The minimum Gasteiger partial charge on any atom is -0.504 e. The largest absolute Gasteiger partial charge is 0.504 e. The van der Waals surface area contributed by atoms with E-state index in [-0.39, 0.29) is 0 Å².